The summed E-state index contributed by atoms with van der Waals surface area (Å²) >= 11 is 0. The molecule has 0 radical (unpaired) electrons. The molecule has 0 atom stereocenters. The quantitative estimate of drug-likeness (QED) is 0.255. The number of benzene rings is 2. The molecular weight excluding hydrogens is 539 g/mol. The van der Waals surface area contributed by atoms with Crippen molar-refractivity contribution in [3.8, 4) is 5.75 Å². The molecule has 3 N–H and O–H groups in total. The zero-order chi connectivity index (χ0) is 22.3. The lowest BCUT2D eigenvalue weighted by Crippen LogP contribution is -2.36. The summed E-state index contributed by atoms with van der Waals surface area (Å²) < 4.78 is 32.6. The van der Waals surface area contributed by atoms with E-state index in [1.807, 2.05) is 6.07 Å². The summed E-state index contributed by atoms with van der Waals surface area (Å²) in [6.07, 6.45) is 5.01. The van der Waals surface area contributed by atoms with Crippen molar-refractivity contribution in [2.75, 3.05) is 14.1 Å². The first-order valence-electron chi connectivity index (χ1n) is 10.6. The number of halogens is 1. The zero-order valence-electron chi connectivity index (χ0n) is 18.8. The molecule has 0 unspecified atom stereocenters. The number of hydrogen-bond acceptors (Lipinski definition) is 4. The summed E-state index contributed by atoms with van der Waals surface area (Å²) in [6, 6.07) is 13.1. The van der Waals surface area contributed by atoms with Crippen LogP contribution in [0, 0.1) is 6.92 Å². The van der Waals surface area contributed by atoms with E-state index in [0.29, 0.717) is 25.2 Å². The van der Waals surface area contributed by atoms with E-state index in [9.17, 15) is 8.42 Å². The highest BCUT2D eigenvalue weighted by Gasteiger charge is 2.18. The maximum absolute atomic E-state index is 12.0. The van der Waals surface area contributed by atoms with Gasteiger partial charge in [0, 0.05) is 25.7 Å². The molecule has 1 fully saturated rings. The van der Waals surface area contributed by atoms with Gasteiger partial charge in [0.1, 0.15) is 5.75 Å². The van der Waals surface area contributed by atoms with Crippen molar-refractivity contribution in [3.05, 3.63) is 59.2 Å². The molecule has 0 aliphatic heterocycles. The van der Waals surface area contributed by atoms with Crippen molar-refractivity contribution in [2.45, 2.75) is 56.7 Å². The average Bonchev–Trinajstić information content (AvgIpc) is 3.28. The fraction of sp³-hybridized carbons (Fsp3) is 0.435. The summed E-state index contributed by atoms with van der Waals surface area (Å²) in [4.78, 5) is 4.52. The normalized spacial score (nSPS) is 14.7. The maximum atomic E-state index is 12.0. The summed E-state index contributed by atoms with van der Waals surface area (Å²) in [6.45, 7) is 3.10. The van der Waals surface area contributed by atoms with Gasteiger partial charge in [0.25, 0.3) is 0 Å². The second-order valence-corrected chi connectivity index (χ2v) is 9.66. The molecule has 0 aromatic heterocycles. The van der Waals surface area contributed by atoms with Crippen LogP contribution in [-0.2, 0) is 23.1 Å². The summed E-state index contributed by atoms with van der Waals surface area (Å²) in [7, 11) is -0.352. The topological polar surface area (TPSA) is 91.8 Å². The fourth-order valence-electron chi connectivity index (χ4n) is 3.63. The first-order chi connectivity index (χ1) is 14.9. The van der Waals surface area contributed by atoms with Gasteiger partial charge in [-0.15, -0.1) is 24.0 Å². The van der Waals surface area contributed by atoms with Gasteiger partial charge in [-0.1, -0.05) is 24.3 Å². The highest BCUT2D eigenvalue weighted by atomic mass is 127. The molecule has 32 heavy (non-hydrogen) atoms. The number of aryl methyl sites for hydroxylation is 1. The molecule has 0 heterocycles. The number of sulfonamides is 1. The number of rotatable bonds is 8. The largest absolute Gasteiger partial charge is 0.490 e. The third kappa shape index (κ3) is 7.35. The molecule has 0 bridgehead atoms. The lowest BCUT2D eigenvalue weighted by molar-refractivity contribution is 0.207. The SMILES string of the molecule is CN=C(NCc1cccc(S(=O)(=O)NC)c1)NCc1ccc(C)cc1OC1CCCC1.I. The lowest BCUT2D eigenvalue weighted by atomic mass is 10.1. The Balaban J connectivity index is 0.00000363. The van der Waals surface area contributed by atoms with Gasteiger partial charge in [0.15, 0.2) is 5.96 Å². The van der Waals surface area contributed by atoms with Crippen molar-refractivity contribution < 1.29 is 13.2 Å². The third-order valence-electron chi connectivity index (χ3n) is 5.43. The van der Waals surface area contributed by atoms with Gasteiger partial charge in [-0.25, -0.2) is 13.1 Å². The van der Waals surface area contributed by atoms with Crippen molar-refractivity contribution in [1.29, 1.82) is 0 Å². The Kier molecular flexibility index (Phi) is 10.2. The molecule has 1 aliphatic carbocycles. The van der Waals surface area contributed by atoms with Gasteiger partial charge in [-0.2, -0.15) is 0 Å². The Morgan fingerprint density at radius 1 is 1.09 bits per heavy atom. The minimum absolute atomic E-state index is 0. The van der Waals surface area contributed by atoms with Crippen molar-refractivity contribution in [1.82, 2.24) is 15.4 Å². The van der Waals surface area contributed by atoms with Gasteiger partial charge >= 0.3 is 0 Å². The van der Waals surface area contributed by atoms with E-state index in [2.05, 4.69) is 45.5 Å². The second-order valence-electron chi connectivity index (χ2n) is 7.77. The van der Waals surface area contributed by atoms with Crippen LogP contribution >= 0.6 is 24.0 Å². The number of aliphatic imine (C=N–C) groups is 1. The number of guanidine groups is 1. The summed E-state index contributed by atoms with van der Waals surface area (Å²) in [5.74, 6) is 1.56. The van der Waals surface area contributed by atoms with Crippen LogP contribution < -0.4 is 20.1 Å². The molecule has 1 aliphatic rings. The molecule has 7 nitrogen and oxygen atoms in total. The van der Waals surface area contributed by atoms with E-state index in [0.717, 1.165) is 29.7 Å². The average molecular weight is 573 g/mol. The Labute approximate surface area is 208 Å². The molecule has 176 valence electrons. The number of nitrogens with zero attached hydrogens (tertiary/aromatic N) is 1. The molecule has 2 aromatic rings. The monoisotopic (exact) mass is 572 g/mol. The third-order valence-corrected chi connectivity index (χ3v) is 6.84. The number of nitrogens with one attached hydrogen (secondary N) is 3. The number of hydrogen-bond donors (Lipinski definition) is 3. The molecule has 1 saturated carbocycles. The Bertz CT molecular complexity index is 1020. The van der Waals surface area contributed by atoms with Crippen LogP contribution in [0.2, 0.25) is 0 Å². The van der Waals surface area contributed by atoms with E-state index in [-0.39, 0.29) is 28.9 Å². The van der Waals surface area contributed by atoms with Gasteiger partial charge in [-0.3, -0.25) is 4.99 Å². The summed E-state index contributed by atoms with van der Waals surface area (Å²) in [5.41, 5.74) is 3.11. The molecule has 0 amide bonds. The fourth-order valence-corrected chi connectivity index (χ4v) is 4.43. The van der Waals surface area contributed by atoms with E-state index in [1.165, 1.54) is 25.5 Å². The predicted octanol–water partition coefficient (Wildman–Crippen LogP) is 3.71. The zero-order valence-corrected chi connectivity index (χ0v) is 22.0. The van der Waals surface area contributed by atoms with E-state index in [4.69, 9.17) is 4.74 Å². The Morgan fingerprint density at radius 2 is 1.81 bits per heavy atom. The molecule has 2 aromatic carbocycles. The maximum Gasteiger partial charge on any atom is 0.240 e. The minimum Gasteiger partial charge on any atom is -0.490 e. The first-order valence-corrected chi connectivity index (χ1v) is 12.1. The second kappa shape index (κ2) is 12.4. The van der Waals surface area contributed by atoms with E-state index < -0.39 is 10.0 Å². The van der Waals surface area contributed by atoms with Crippen LogP contribution in [0.15, 0.2) is 52.4 Å². The van der Waals surface area contributed by atoms with Crippen LogP contribution in [0.5, 0.6) is 5.75 Å². The van der Waals surface area contributed by atoms with Crippen LogP contribution in [0.4, 0.5) is 0 Å². The highest BCUT2D eigenvalue weighted by molar-refractivity contribution is 14.0. The molecule has 0 saturated heterocycles. The minimum atomic E-state index is -3.47. The van der Waals surface area contributed by atoms with Crippen LogP contribution in [-0.4, -0.2) is 34.6 Å². The summed E-state index contributed by atoms with van der Waals surface area (Å²) in [5, 5.41) is 6.56. The van der Waals surface area contributed by atoms with Crippen molar-refractivity contribution in [3.63, 3.8) is 0 Å². The molecular formula is C23H33IN4O3S. The van der Waals surface area contributed by atoms with Gasteiger partial charge in [-0.05, 0) is 69.0 Å². The van der Waals surface area contributed by atoms with E-state index in [1.54, 1.807) is 25.2 Å². The van der Waals surface area contributed by atoms with Crippen LogP contribution in [0.1, 0.15) is 42.4 Å². The number of ether oxygens (including phenoxy) is 1. The predicted molar refractivity (Wildman–Crippen MR) is 139 cm³/mol. The Morgan fingerprint density at radius 3 is 2.50 bits per heavy atom. The molecule has 9 heteroatoms. The smallest absolute Gasteiger partial charge is 0.240 e. The first kappa shape index (κ1) is 26.4. The molecule has 0 spiro atoms. The molecule has 3 rings (SSSR count). The van der Waals surface area contributed by atoms with Gasteiger partial charge in [0.05, 0.1) is 11.0 Å². The van der Waals surface area contributed by atoms with E-state index >= 15 is 0 Å². The highest BCUT2D eigenvalue weighted by Crippen LogP contribution is 2.27. The van der Waals surface area contributed by atoms with Crippen molar-refractivity contribution in [2.24, 2.45) is 4.99 Å². The Hall–Kier alpha value is -1.85. The van der Waals surface area contributed by atoms with Gasteiger partial charge in [0.2, 0.25) is 10.0 Å². The van der Waals surface area contributed by atoms with Crippen molar-refractivity contribution >= 4 is 40.0 Å². The van der Waals surface area contributed by atoms with Gasteiger partial charge < -0.3 is 15.4 Å². The van der Waals surface area contributed by atoms with Crippen LogP contribution in [0.25, 0.3) is 0 Å². The lowest BCUT2D eigenvalue weighted by Gasteiger charge is -2.18. The van der Waals surface area contributed by atoms with Crippen LogP contribution in [0.3, 0.4) is 0 Å². The standard InChI is InChI=1S/C23H32N4O3S.HI/c1-17-11-12-19(22(13-17)30-20-8-4-5-9-20)16-27-23(24-2)26-15-18-7-6-10-21(14-18)31(28,29)25-3;/h6-7,10-14,20,25H,4-5,8-9,15-16H2,1-3H3,(H2,24,26,27);1H.